The van der Waals surface area contributed by atoms with E-state index in [9.17, 15) is 4.79 Å². The van der Waals surface area contributed by atoms with Gasteiger partial charge >= 0.3 is 0 Å². The summed E-state index contributed by atoms with van der Waals surface area (Å²) in [5, 5.41) is 17.6. The summed E-state index contributed by atoms with van der Waals surface area (Å²) in [5.41, 5.74) is 1.20. The Hall–Kier alpha value is -3.51. The van der Waals surface area contributed by atoms with Gasteiger partial charge in [-0.3, -0.25) is 4.79 Å². The number of carbonyl (C=O) groups excluding carboxylic acids is 1. The van der Waals surface area contributed by atoms with Gasteiger partial charge in [-0.15, -0.1) is 0 Å². The van der Waals surface area contributed by atoms with Crippen LogP contribution in [0.5, 0.6) is 11.5 Å². The highest BCUT2D eigenvalue weighted by atomic mass is 16.5. The molecule has 0 aliphatic carbocycles. The van der Waals surface area contributed by atoms with Crippen LogP contribution in [0, 0.1) is 22.7 Å². The summed E-state index contributed by atoms with van der Waals surface area (Å²) < 4.78 is 10.9. The van der Waals surface area contributed by atoms with E-state index in [1.54, 1.807) is 48.5 Å². The van der Waals surface area contributed by atoms with E-state index >= 15 is 0 Å². The second-order valence-corrected chi connectivity index (χ2v) is 5.31. The lowest BCUT2D eigenvalue weighted by molar-refractivity contribution is -0.120. The molecule has 0 saturated carbocycles. The van der Waals surface area contributed by atoms with Crippen molar-refractivity contribution in [3.05, 3.63) is 54.1 Å². The van der Waals surface area contributed by atoms with Crippen LogP contribution >= 0.6 is 0 Å². The van der Waals surface area contributed by atoms with E-state index in [2.05, 4.69) is 6.07 Å². The van der Waals surface area contributed by atoms with E-state index in [0.717, 1.165) is 5.75 Å². The van der Waals surface area contributed by atoms with Crippen LogP contribution in [0.3, 0.4) is 0 Å². The SMILES string of the molecule is CCOc1ccc(N(CCC#N)C(=O)COc2ccc(C#N)cc2)cc1. The average Bonchev–Trinajstić information content (AvgIpc) is 2.68. The lowest BCUT2D eigenvalue weighted by Crippen LogP contribution is -2.35. The first-order valence-corrected chi connectivity index (χ1v) is 8.21. The Balaban J connectivity index is 2.05. The van der Waals surface area contributed by atoms with Crippen molar-refractivity contribution in [2.75, 3.05) is 24.7 Å². The molecule has 0 aromatic heterocycles. The van der Waals surface area contributed by atoms with Crippen LogP contribution in [0.1, 0.15) is 18.9 Å². The van der Waals surface area contributed by atoms with Crippen molar-refractivity contribution in [2.45, 2.75) is 13.3 Å². The Bertz CT molecular complexity index is 802. The van der Waals surface area contributed by atoms with Crippen LogP contribution in [0.2, 0.25) is 0 Å². The molecule has 0 aliphatic rings. The predicted octanol–water partition coefficient (Wildman–Crippen LogP) is 3.28. The number of rotatable bonds is 8. The van der Waals surface area contributed by atoms with E-state index in [-0.39, 0.29) is 25.5 Å². The molecule has 2 aromatic carbocycles. The fraction of sp³-hybridized carbons (Fsp3) is 0.250. The van der Waals surface area contributed by atoms with Crippen molar-refractivity contribution in [3.63, 3.8) is 0 Å². The first kappa shape index (κ1) is 18.8. The lowest BCUT2D eigenvalue weighted by atomic mass is 10.2. The van der Waals surface area contributed by atoms with Crippen molar-refractivity contribution < 1.29 is 14.3 Å². The number of ether oxygens (including phenoxy) is 2. The highest BCUT2D eigenvalue weighted by Crippen LogP contribution is 2.20. The molecule has 6 heteroatoms. The number of hydrogen-bond donors (Lipinski definition) is 0. The van der Waals surface area contributed by atoms with Crippen LogP contribution in [-0.4, -0.2) is 25.7 Å². The van der Waals surface area contributed by atoms with Gasteiger partial charge in [0.2, 0.25) is 0 Å². The Morgan fingerprint density at radius 3 is 2.19 bits per heavy atom. The summed E-state index contributed by atoms with van der Waals surface area (Å²) in [6.45, 7) is 2.58. The van der Waals surface area contributed by atoms with E-state index in [1.165, 1.54) is 4.90 Å². The van der Waals surface area contributed by atoms with Gasteiger partial charge in [0.1, 0.15) is 11.5 Å². The fourth-order valence-electron chi connectivity index (χ4n) is 2.30. The standard InChI is InChI=1S/C20H19N3O3/c1-2-25-18-10-6-17(7-11-18)23(13-3-12-21)20(24)15-26-19-8-4-16(14-22)5-9-19/h4-11H,2-3,13,15H2,1H3. The smallest absolute Gasteiger partial charge is 0.264 e. The average molecular weight is 349 g/mol. The van der Waals surface area contributed by atoms with Crippen molar-refractivity contribution in [2.24, 2.45) is 0 Å². The molecule has 0 spiro atoms. The molecular weight excluding hydrogens is 330 g/mol. The minimum absolute atomic E-state index is 0.162. The van der Waals surface area contributed by atoms with E-state index < -0.39 is 0 Å². The molecule has 2 rings (SSSR count). The van der Waals surface area contributed by atoms with E-state index in [1.807, 2.05) is 13.0 Å². The summed E-state index contributed by atoms with van der Waals surface area (Å²) in [4.78, 5) is 14.1. The molecule has 0 aliphatic heterocycles. The van der Waals surface area contributed by atoms with Crippen LogP contribution < -0.4 is 14.4 Å². The maximum Gasteiger partial charge on any atom is 0.264 e. The van der Waals surface area contributed by atoms with Crippen molar-refractivity contribution in [3.8, 4) is 23.6 Å². The Kier molecular flexibility index (Phi) is 7.03. The third-order valence-corrected chi connectivity index (χ3v) is 3.55. The van der Waals surface area contributed by atoms with E-state index in [4.69, 9.17) is 20.0 Å². The number of amides is 1. The van der Waals surface area contributed by atoms with Gasteiger partial charge in [-0.1, -0.05) is 0 Å². The predicted molar refractivity (Wildman–Crippen MR) is 96.8 cm³/mol. The number of benzene rings is 2. The molecule has 132 valence electrons. The quantitative estimate of drug-likeness (QED) is 0.730. The highest BCUT2D eigenvalue weighted by Gasteiger charge is 2.16. The zero-order valence-electron chi connectivity index (χ0n) is 14.5. The third kappa shape index (κ3) is 5.25. The third-order valence-electron chi connectivity index (χ3n) is 3.55. The van der Waals surface area contributed by atoms with Gasteiger partial charge in [0.05, 0.1) is 30.7 Å². The van der Waals surface area contributed by atoms with Gasteiger partial charge in [-0.25, -0.2) is 0 Å². The lowest BCUT2D eigenvalue weighted by Gasteiger charge is -2.22. The zero-order valence-corrected chi connectivity index (χ0v) is 14.5. The minimum atomic E-state index is -0.256. The van der Waals surface area contributed by atoms with Crippen LogP contribution in [0.25, 0.3) is 0 Å². The largest absolute Gasteiger partial charge is 0.494 e. The molecule has 0 atom stereocenters. The molecule has 0 bridgehead atoms. The van der Waals surface area contributed by atoms with Crippen LogP contribution in [-0.2, 0) is 4.79 Å². The summed E-state index contributed by atoms with van der Waals surface area (Å²) in [6.07, 6.45) is 0.218. The number of carbonyl (C=O) groups is 1. The van der Waals surface area contributed by atoms with Gasteiger partial charge in [0, 0.05) is 12.2 Å². The maximum absolute atomic E-state index is 12.6. The summed E-state index contributed by atoms with van der Waals surface area (Å²) in [7, 11) is 0. The Morgan fingerprint density at radius 2 is 1.62 bits per heavy atom. The molecule has 2 aromatic rings. The molecule has 0 saturated heterocycles. The molecule has 26 heavy (non-hydrogen) atoms. The zero-order chi connectivity index (χ0) is 18.8. The number of nitrogens with zero attached hydrogens (tertiary/aromatic N) is 3. The molecular formula is C20H19N3O3. The van der Waals surface area contributed by atoms with Crippen LogP contribution in [0.15, 0.2) is 48.5 Å². The van der Waals surface area contributed by atoms with Gasteiger partial charge < -0.3 is 14.4 Å². The fourth-order valence-corrected chi connectivity index (χ4v) is 2.30. The molecule has 0 heterocycles. The van der Waals surface area contributed by atoms with Crippen molar-refractivity contribution >= 4 is 11.6 Å². The van der Waals surface area contributed by atoms with Gasteiger partial charge in [-0.2, -0.15) is 10.5 Å². The molecule has 0 unspecified atom stereocenters. The highest BCUT2D eigenvalue weighted by molar-refractivity contribution is 5.94. The Morgan fingerprint density at radius 1 is 1.00 bits per heavy atom. The topological polar surface area (TPSA) is 86.3 Å². The van der Waals surface area contributed by atoms with Crippen molar-refractivity contribution in [1.82, 2.24) is 0 Å². The molecule has 0 radical (unpaired) electrons. The van der Waals surface area contributed by atoms with Gasteiger partial charge in [-0.05, 0) is 55.5 Å². The maximum atomic E-state index is 12.6. The number of nitriles is 2. The molecule has 0 N–H and O–H groups in total. The van der Waals surface area contributed by atoms with E-state index in [0.29, 0.717) is 23.6 Å². The summed E-state index contributed by atoms with van der Waals surface area (Å²) >= 11 is 0. The molecule has 0 fully saturated rings. The number of anilines is 1. The summed E-state index contributed by atoms with van der Waals surface area (Å²) in [5.74, 6) is 0.968. The first-order valence-electron chi connectivity index (χ1n) is 8.21. The second kappa shape index (κ2) is 9.71. The Labute approximate surface area is 152 Å². The van der Waals surface area contributed by atoms with Gasteiger partial charge in [0.15, 0.2) is 6.61 Å². The molecule has 1 amide bonds. The molecule has 6 nitrogen and oxygen atoms in total. The first-order chi connectivity index (χ1) is 12.7. The van der Waals surface area contributed by atoms with Crippen LogP contribution in [0.4, 0.5) is 5.69 Å². The monoisotopic (exact) mass is 349 g/mol. The number of hydrogen-bond acceptors (Lipinski definition) is 5. The minimum Gasteiger partial charge on any atom is -0.494 e. The summed E-state index contributed by atoms with van der Waals surface area (Å²) in [6, 6.07) is 17.7. The van der Waals surface area contributed by atoms with Crippen molar-refractivity contribution in [1.29, 1.82) is 10.5 Å². The normalized spacial score (nSPS) is 9.65. The second-order valence-electron chi connectivity index (χ2n) is 5.31. The van der Waals surface area contributed by atoms with Gasteiger partial charge in [0.25, 0.3) is 5.91 Å².